The van der Waals surface area contributed by atoms with E-state index in [1.165, 1.54) is 18.3 Å². The number of pyridine rings is 1. The van der Waals surface area contributed by atoms with E-state index in [0.717, 1.165) is 0 Å². The van der Waals surface area contributed by atoms with Gasteiger partial charge in [0.05, 0.1) is 5.56 Å². The molecule has 0 saturated carbocycles. The second kappa shape index (κ2) is 4.45. The van der Waals surface area contributed by atoms with Gasteiger partial charge in [0.25, 0.3) is 5.91 Å². The van der Waals surface area contributed by atoms with Crippen LogP contribution in [0.5, 0.6) is 0 Å². The fourth-order valence-corrected chi connectivity index (χ4v) is 1.20. The van der Waals surface area contributed by atoms with Crippen molar-refractivity contribution in [1.29, 1.82) is 5.26 Å². The first-order chi connectivity index (χ1) is 8.19. The lowest BCUT2D eigenvalue weighted by Crippen LogP contribution is -2.13. The predicted molar refractivity (Wildman–Crippen MR) is 58.1 cm³/mol. The molecule has 17 heavy (non-hydrogen) atoms. The van der Waals surface area contributed by atoms with Gasteiger partial charge in [0.1, 0.15) is 17.5 Å². The molecule has 2 rings (SSSR count). The molecule has 0 aliphatic heterocycles. The molecule has 0 aliphatic rings. The molecule has 2 aromatic heterocycles. The van der Waals surface area contributed by atoms with Gasteiger partial charge in [-0.25, -0.2) is 4.98 Å². The Bertz CT molecular complexity index is 580. The zero-order chi connectivity index (χ0) is 12.3. The number of nitrogens with zero attached hydrogens (tertiary/aromatic N) is 3. The second-order valence-corrected chi connectivity index (χ2v) is 3.32. The Hall–Kier alpha value is -2.68. The molecule has 0 fully saturated rings. The summed E-state index contributed by atoms with van der Waals surface area (Å²) in [7, 11) is 0. The highest BCUT2D eigenvalue weighted by molar-refractivity contribution is 6.02. The zero-order valence-corrected chi connectivity index (χ0v) is 8.97. The van der Waals surface area contributed by atoms with Crippen LogP contribution >= 0.6 is 0 Å². The quantitative estimate of drug-likeness (QED) is 0.840. The molecule has 1 amide bonds. The Balaban J connectivity index is 2.12. The molecule has 2 heterocycles. The molecule has 6 heteroatoms. The van der Waals surface area contributed by atoms with Gasteiger partial charge in [-0.15, -0.1) is 0 Å². The minimum Gasteiger partial charge on any atom is -0.360 e. The Morgan fingerprint density at radius 3 is 2.88 bits per heavy atom. The number of amides is 1. The summed E-state index contributed by atoms with van der Waals surface area (Å²) in [6, 6.07) is 6.52. The molecular formula is C11H8N4O2. The van der Waals surface area contributed by atoms with Crippen molar-refractivity contribution in [1.82, 2.24) is 10.1 Å². The van der Waals surface area contributed by atoms with E-state index in [1.807, 2.05) is 6.07 Å². The van der Waals surface area contributed by atoms with Crippen LogP contribution in [0.2, 0.25) is 0 Å². The number of nitrogens with one attached hydrogen (secondary N) is 1. The van der Waals surface area contributed by atoms with Crippen LogP contribution in [0.4, 0.5) is 5.82 Å². The molecule has 0 bridgehead atoms. The molecular weight excluding hydrogens is 220 g/mol. The van der Waals surface area contributed by atoms with Crippen LogP contribution < -0.4 is 5.32 Å². The van der Waals surface area contributed by atoms with Crippen LogP contribution in [0.15, 0.2) is 28.9 Å². The van der Waals surface area contributed by atoms with Gasteiger partial charge in [-0.2, -0.15) is 5.26 Å². The summed E-state index contributed by atoms with van der Waals surface area (Å²) in [4.78, 5) is 15.5. The topological polar surface area (TPSA) is 91.8 Å². The van der Waals surface area contributed by atoms with Crippen molar-refractivity contribution in [2.45, 2.75) is 6.92 Å². The van der Waals surface area contributed by atoms with Gasteiger partial charge < -0.3 is 9.84 Å². The lowest BCUT2D eigenvalue weighted by Gasteiger charge is -1.99. The molecule has 0 saturated heterocycles. The third kappa shape index (κ3) is 2.46. The van der Waals surface area contributed by atoms with Crippen LogP contribution in [-0.2, 0) is 0 Å². The van der Waals surface area contributed by atoms with E-state index in [-0.39, 0.29) is 5.69 Å². The van der Waals surface area contributed by atoms with Gasteiger partial charge in [0, 0.05) is 12.3 Å². The zero-order valence-electron chi connectivity index (χ0n) is 8.97. The smallest absolute Gasteiger partial charge is 0.275 e. The highest BCUT2D eigenvalue weighted by Gasteiger charge is 2.09. The van der Waals surface area contributed by atoms with E-state index < -0.39 is 5.91 Å². The van der Waals surface area contributed by atoms with Crippen molar-refractivity contribution >= 4 is 11.7 Å². The number of hydrogen-bond donors (Lipinski definition) is 1. The summed E-state index contributed by atoms with van der Waals surface area (Å²) in [5.41, 5.74) is 0.614. The second-order valence-electron chi connectivity index (χ2n) is 3.32. The molecule has 2 aromatic rings. The summed E-state index contributed by atoms with van der Waals surface area (Å²) in [5.74, 6) is 0.537. The third-order valence-corrected chi connectivity index (χ3v) is 1.99. The Kier molecular flexibility index (Phi) is 2.83. The lowest BCUT2D eigenvalue weighted by atomic mass is 10.2. The first kappa shape index (κ1) is 10.8. The van der Waals surface area contributed by atoms with Gasteiger partial charge in [-0.3, -0.25) is 4.79 Å². The molecule has 0 aromatic carbocycles. The Labute approximate surface area is 96.9 Å². The van der Waals surface area contributed by atoms with Gasteiger partial charge in [-0.05, 0) is 19.1 Å². The normalized spacial score (nSPS) is 9.65. The summed E-state index contributed by atoms with van der Waals surface area (Å²) in [5, 5.41) is 14.7. The van der Waals surface area contributed by atoms with Crippen molar-refractivity contribution < 1.29 is 9.32 Å². The largest absolute Gasteiger partial charge is 0.360 e. The number of aryl methyl sites for hydroxylation is 1. The van der Waals surface area contributed by atoms with E-state index >= 15 is 0 Å². The number of carbonyl (C=O) groups excluding carboxylic acids is 1. The Morgan fingerprint density at radius 1 is 1.53 bits per heavy atom. The molecule has 0 unspecified atom stereocenters. The first-order valence-electron chi connectivity index (χ1n) is 4.80. The summed E-state index contributed by atoms with van der Waals surface area (Å²) in [6.45, 7) is 1.72. The van der Waals surface area contributed by atoms with E-state index in [2.05, 4.69) is 15.5 Å². The summed E-state index contributed by atoms with van der Waals surface area (Å²) < 4.78 is 4.81. The minimum atomic E-state index is -0.400. The summed E-state index contributed by atoms with van der Waals surface area (Å²) in [6.07, 6.45) is 1.34. The fraction of sp³-hybridized carbons (Fsp3) is 0.0909. The highest BCUT2D eigenvalue weighted by Crippen LogP contribution is 2.08. The molecule has 84 valence electrons. The average molecular weight is 228 g/mol. The molecule has 1 N–H and O–H groups in total. The number of anilines is 1. The minimum absolute atomic E-state index is 0.213. The Morgan fingerprint density at radius 2 is 2.35 bits per heavy atom. The fourth-order valence-electron chi connectivity index (χ4n) is 1.20. The van der Waals surface area contributed by atoms with Crippen molar-refractivity contribution in [3.05, 3.63) is 41.4 Å². The van der Waals surface area contributed by atoms with Crippen LogP contribution in [-0.4, -0.2) is 16.0 Å². The lowest BCUT2D eigenvalue weighted by molar-refractivity contribution is 0.102. The van der Waals surface area contributed by atoms with E-state index in [4.69, 9.17) is 9.78 Å². The van der Waals surface area contributed by atoms with Crippen molar-refractivity contribution in [2.75, 3.05) is 5.32 Å². The summed E-state index contributed by atoms with van der Waals surface area (Å²) >= 11 is 0. The number of nitriles is 1. The van der Waals surface area contributed by atoms with Crippen LogP contribution in [0, 0.1) is 18.3 Å². The molecule has 0 radical (unpaired) electrons. The van der Waals surface area contributed by atoms with E-state index in [9.17, 15) is 4.79 Å². The molecule has 0 spiro atoms. The van der Waals surface area contributed by atoms with E-state index in [1.54, 1.807) is 13.0 Å². The van der Waals surface area contributed by atoms with Gasteiger partial charge >= 0.3 is 0 Å². The first-order valence-corrected chi connectivity index (χ1v) is 4.80. The molecule has 0 aliphatic carbocycles. The number of carbonyl (C=O) groups is 1. The van der Waals surface area contributed by atoms with Crippen LogP contribution in [0.3, 0.4) is 0 Å². The maximum Gasteiger partial charge on any atom is 0.275 e. The molecule has 6 nitrogen and oxygen atoms in total. The van der Waals surface area contributed by atoms with Crippen LogP contribution in [0.25, 0.3) is 0 Å². The van der Waals surface area contributed by atoms with Crippen molar-refractivity contribution in [3.8, 4) is 6.07 Å². The van der Waals surface area contributed by atoms with E-state index in [0.29, 0.717) is 17.1 Å². The number of aromatic nitrogens is 2. The predicted octanol–water partition coefficient (Wildman–Crippen LogP) is 1.50. The molecule has 0 atom stereocenters. The monoisotopic (exact) mass is 228 g/mol. The van der Waals surface area contributed by atoms with Gasteiger partial charge in [0.2, 0.25) is 0 Å². The maximum absolute atomic E-state index is 11.7. The van der Waals surface area contributed by atoms with Gasteiger partial charge in [0.15, 0.2) is 5.82 Å². The van der Waals surface area contributed by atoms with Crippen LogP contribution in [0.1, 0.15) is 21.8 Å². The number of hydrogen-bond acceptors (Lipinski definition) is 5. The standard InChI is InChI=1S/C11H8N4O2/c1-7-4-10(15-17-7)14-11(16)9-3-2-8(5-12)6-13-9/h2-4,6H,1H3,(H,14,15,16). The maximum atomic E-state index is 11.7. The third-order valence-electron chi connectivity index (χ3n) is 1.99. The highest BCUT2D eigenvalue weighted by atomic mass is 16.5. The average Bonchev–Trinajstić information content (AvgIpc) is 2.75. The van der Waals surface area contributed by atoms with Crippen molar-refractivity contribution in [2.24, 2.45) is 0 Å². The van der Waals surface area contributed by atoms with Gasteiger partial charge in [-0.1, -0.05) is 5.16 Å². The van der Waals surface area contributed by atoms with Crippen molar-refractivity contribution in [3.63, 3.8) is 0 Å². The SMILES string of the molecule is Cc1cc(NC(=O)c2ccc(C#N)cn2)no1. The number of rotatable bonds is 2.